The van der Waals surface area contributed by atoms with Gasteiger partial charge in [0, 0.05) is 27.2 Å². The van der Waals surface area contributed by atoms with Gasteiger partial charge >= 0.3 is 17.8 Å². The second-order valence-electron chi connectivity index (χ2n) is 7.55. The number of hydrogen-bond donors (Lipinski definition) is 1. The van der Waals surface area contributed by atoms with Gasteiger partial charge in [-0.25, -0.2) is 9.59 Å². The summed E-state index contributed by atoms with van der Waals surface area (Å²) in [4.78, 5) is 43.1. The highest BCUT2D eigenvalue weighted by atomic mass is 19.4. The van der Waals surface area contributed by atoms with Crippen LogP contribution in [0.5, 0.6) is 5.75 Å². The number of esters is 1. The molecule has 0 bridgehead atoms. The highest BCUT2D eigenvalue weighted by Gasteiger charge is 2.44. The molecule has 1 unspecified atom stereocenters. The SMILES string of the molecule is COc1ccccc1-n1c(N2CCNCC2OC(=O)C(F)(F)F)nc2c1c(=O)n(C)c(=O)n2C. The van der Waals surface area contributed by atoms with Crippen LogP contribution in [0.2, 0.25) is 0 Å². The Morgan fingerprint density at radius 2 is 1.88 bits per heavy atom. The summed E-state index contributed by atoms with van der Waals surface area (Å²) in [6, 6.07) is 6.65. The number of carbonyl (C=O) groups is 1. The standard InChI is InChI=1S/C20H21F3N6O5/c1-26-15-14(16(30)27(2)19(26)32)29(11-6-4-5-7-12(11)33-3)18(25-15)28-9-8-24-10-13(28)34-17(31)20(21,22)23/h4-7,13,24H,8-10H2,1-3H3. The maximum absolute atomic E-state index is 13.2. The van der Waals surface area contributed by atoms with Gasteiger partial charge in [0.05, 0.1) is 19.3 Å². The fourth-order valence-corrected chi connectivity index (χ4v) is 3.82. The fraction of sp³-hybridized carbons (Fsp3) is 0.400. The molecule has 1 aliphatic rings. The number of rotatable bonds is 4. The van der Waals surface area contributed by atoms with Crippen LogP contribution in [0.25, 0.3) is 16.9 Å². The maximum Gasteiger partial charge on any atom is 0.491 e. The molecule has 1 saturated heterocycles. The lowest BCUT2D eigenvalue weighted by Gasteiger charge is -2.36. The van der Waals surface area contributed by atoms with E-state index < -0.39 is 29.6 Å². The molecule has 1 N–H and O–H groups in total. The molecule has 3 heterocycles. The summed E-state index contributed by atoms with van der Waals surface area (Å²) in [6.07, 6.45) is -6.57. The van der Waals surface area contributed by atoms with Crippen LogP contribution in [0.4, 0.5) is 19.1 Å². The van der Waals surface area contributed by atoms with E-state index in [1.807, 2.05) is 0 Å². The summed E-state index contributed by atoms with van der Waals surface area (Å²) in [5, 5.41) is 2.88. The third-order valence-corrected chi connectivity index (χ3v) is 5.49. The lowest BCUT2D eigenvalue weighted by Crippen LogP contribution is -2.55. The van der Waals surface area contributed by atoms with Gasteiger partial charge in [-0.05, 0) is 12.1 Å². The number of methoxy groups -OCH3 is 1. The van der Waals surface area contributed by atoms with E-state index >= 15 is 0 Å². The number of carbonyl (C=O) groups excluding carboxylic acids is 1. The van der Waals surface area contributed by atoms with Crippen LogP contribution >= 0.6 is 0 Å². The van der Waals surface area contributed by atoms with Crippen molar-refractivity contribution in [1.29, 1.82) is 0 Å². The smallest absolute Gasteiger partial charge is 0.491 e. The van der Waals surface area contributed by atoms with E-state index in [2.05, 4.69) is 10.3 Å². The van der Waals surface area contributed by atoms with Crippen LogP contribution in [0, 0.1) is 0 Å². The Morgan fingerprint density at radius 1 is 1.18 bits per heavy atom. The molecule has 2 aromatic heterocycles. The van der Waals surface area contributed by atoms with Crippen LogP contribution in [-0.4, -0.2) is 63.8 Å². The van der Waals surface area contributed by atoms with Crippen molar-refractivity contribution in [2.75, 3.05) is 31.6 Å². The van der Waals surface area contributed by atoms with E-state index in [9.17, 15) is 27.6 Å². The predicted molar refractivity (Wildman–Crippen MR) is 114 cm³/mol. The number of hydrogen-bond acceptors (Lipinski definition) is 8. The van der Waals surface area contributed by atoms with Crippen molar-refractivity contribution in [3.05, 3.63) is 45.1 Å². The predicted octanol–water partition coefficient (Wildman–Crippen LogP) is 0.273. The molecule has 1 atom stereocenters. The van der Waals surface area contributed by atoms with Crippen LogP contribution < -0.4 is 26.2 Å². The maximum atomic E-state index is 13.2. The van der Waals surface area contributed by atoms with Gasteiger partial charge in [0.15, 0.2) is 17.4 Å². The number of piperazine rings is 1. The molecule has 4 rings (SSSR count). The van der Waals surface area contributed by atoms with Gasteiger partial charge in [0.25, 0.3) is 5.56 Å². The molecule has 34 heavy (non-hydrogen) atoms. The zero-order valence-corrected chi connectivity index (χ0v) is 18.4. The van der Waals surface area contributed by atoms with Crippen molar-refractivity contribution in [3.8, 4) is 11.4 Å². The molecule has 3 aromatic rings. The molecule has 0 aliphatic carbocycles. The minimum atomic E-state index is -5.19. The molecule has 1 aliphatic heterocycles. The number of aryl methyl sites for hydroxylation is 1. The summed E-state index contributed by atoms with van der Waals surface area (Å²) in [5.74, 6) is -1.99. The number of aromatic nitrogens is 4. The second-order valence-corrected chi connectivity index (χ2v) is 7.55. The van der Waals surface area contributed by atoms with Crippen molar-refractivity contribution in [2.24, 2.45) is 14.1 Å². The minimum Gasteiger partial charge on any atom is -0.495 e. The molecule has 1 aromatic carbocycles. The third-order valence-electron chi connectivity index (χ3n) is 5.49. The van der Waals surface area contributed by atoms with E-state index in [4.69, 9.17) is 9.47 Å². The summed E-state index contributed by atoms with van der Waals surface area (Å²) in [7, 11) is 4.15. The Balaban J connectivity index is 2.01. The number of halogens is 3. The first kappa shape index (κ1) is 23.4. The molecule has 0 saturated carbocycles. The second kappa shape index (κ2) is 8.52. The van der Waals surface area contributed by atoms with Gasteiger partial charge in [0.1, 0.15) is 5.75 Å². The highest BCUT2D eigenvalue weighted by Crippen LogP contribution is 2.32. The zero-order valence-electron chi connectivity index (χ0n) is 18.4. The molecule has 0 spiro atoms. The average Bonchev–Trinajstić information content (AvgIpc) is 3.21. The van der Waals surface area contributed by atoms with Crippen molar-refractivity contribution in [3.63, 3.8) is 0 Å². The number of ether oxygens (including phenoxy) is 2. The first-order valence-electron chi connectivity index (χ1n) is 10.1. The van der Waals surface area contributed by atoms with Gasteiger partial charge < -0.3 is 19.7 Å². The summed E-state index contributed by atoms with van der Waals surface area (Å²) < 4.78 is 52.3. The van der Waals surface area contributed by atoms with Gasteiger partial charge in [-0.1, -0.05) is 12.1 Å². The van der Waals surface area contributed by atoms with Crippen LogP contribution in [0.1, 0.15) is 0 Å². The number of anilines is 1. The number of para-hydroxylation sites is 2. The Kier molecular flexibility index (Phi) is 5.85. The average molecular weight is 482 g/mol. The van der Waals surface area contributed by atoms with Gasteiger partial charge in [-0.15, -0.1) is 0 Å². The van der Waals surface area contributed by atoms with E-state index in [1.165, 1.54) is 30.7 Å². The largest absolute Gasteiger partial charge is 0.495 e. The Bertz CT molecular complexity index is 1380. The Morgan fingerprint density at radius 3 is 2.56 bits per heavy atom. The van der Waals surface area contributed by atoms with Crippen molar-refractivity contribution < 1.29 is 27.4 Å². The van der Waals surface area contributed by atoms with E-state index in [1.54, 1.807) is 24.3 Å². The molecular formula is C20H21F3N6O5. The number of nitrogens with zero attached hydrogens (tertiary/aromatic N) is 5. The molecule has 0 radical (unpaired) electrons. The lowest BCUT2D eigenvalue weighted by molar-refractivity contribution is -0.205. The number of benzene rings is 1. The lowest BCUT2D eigenvalue weighted by atomic mass is 10.2. The topological polar surface area (TPSA) is 113 Å². The van der Waals surface area contributed by atoms with E-state index in [0.29, 0.717) is 18.0 Å². The zero-order chi connectivity index (χ0) is 24.8. The van der Waals surface area contributed by atoms with E-state index in [-0.39, 0.29) is 30.2 Å². The normalized spacial score (nSPS) is 16.6. The number of alkyl halides is 3. The molecule has 182 valence electrons. The van der Waals surface area contributed by atoms with Gasteiger partial charge in [-0.3, -0.25) is 18.5 Å². The van der Waals surface area contributed by atoms with Crippen molar-refractivity contribution in [2.45, 2.75) is 12.4 Å². The Hall–Kier alpha value is -3.81. The molecule has 14 heteroatoms. The first-order chi connectivity index (χ1) is 16.1. The van der Waals surface area contributed by atoms with Crippen LogP contribution in [0.15, 0.2) is 33.9 Å². The fourth-order valence-electron chi connectivity index (χ4n) is 3.82. The van der Waals surface area contributed by atoms with Crippen LogP contribution in [-0.2, 0) is 23.6 Å². The Labute approximate surface area is 189 Å². The summed E-state index contributed by atoms with van der Waals surface area (Å²) in [5.41, 5.74) is -0.925. The molecule has 11 nitrogen and oxygen atoms in total. The first-order valence-corrected chi connectivity index (χ1v) is 10.1. The quantitative estimate of drug-likeness (QED) is 0.528. The van der Waals surface area contributed by atoms with E-state index in [0.717, 1.165) is 9.13 Å². The minimum absolute atomic E-state index is 0.00327. The van der Waals surface area contributed by atoms with Crippen molar-refractivity contribution >= 4 is 23.1 Å². The summed E-state index contributed by atoms with van der Waals surface area (Å²) in [6.45, 7) is 0.322. The summed E-state index contributed by atoms with van der Waals surface area (Å²) >= 11 is 0. The highest BCUT2D eigenvalue weighted by molar-refractivity contribution is 5.79. The molecule has 1 fully saturated rings. The van der Waals surface area contributed by atoms with Gasteiger partial charge in [-0.2, -0.15) is 18.2 Å². The monoisotopic (exact) mass is 482 g/mol. The molecular weight excluding hydrogens is 461 g/mol. The van der Waals surface area contributed by atoms with Gasteiger partial charge in [0.2, 0.25) is 5.95 Å². The third kappa shape index (κ3) is 3.79. The number of fused-ring (bicyclic) bond motifs is 1. The number of imidazole rings is 1. The number of nitrogens with one attached hydrogen (secondary N) is 1. The van der Waals surface area contributed by atoms with Crippen LogP contribution in [0.3, 0.4) is 0 Å². The molecule has 0 amide bonds. The van der Waals surface area contributed by atoms with Crippen molar-refractivity contribution in [1.82, 2.24) is 24.0 Å².